The van der Waals surface area contributed by atoms with E-state index in [2.05, 4.69) is 53.3 Å². The second-order valence-electron chi connectivity index (χ2n) is 6.10. The molecular formula is C21H24N4O. The Balaban J connectivity index is 1.96. The van der Waals surface area contributed by atoms with Crippen LogP contribution in [0, 0.1) is 13.8 Å². The lowest BCUT2D eigenvalue weighted by Crippen LogP contribution is -2.19. The number of hydrogen-bond acceptors (Lipinski definition) is 5. The number of hydrogen-bond donors (Lipinski definition) is 1. The van der Waals surface area contributed by atoms with Gasteiger partial charge >= 0.3 is 0 Å². The highest BCUT2D eigenvalue weighted by Gasteiger charge is 2.13. The third-order valence-corrected chi connectivity index (χ3v) is 4.08. The molecule has 0 atom stereocenters. The van der Waals surface area contributed by atoms with Crippen LogP contribution in [0.4, 0.5) is 23.1 Å². The summed E-state index contributed by atoms with van der Waals surface area (Å²) < 4.78 is 5.41. The van der Waals surface area contributed by atoms with Crippen LogP contribution in [0.3, 0.4) is 0 Å². The number of ether oxygens (including phenoxy) is 1. The number of benzene rings is 2. The van der Waals surface area contributed by atoms with Crippen LogP contribution < -0.4 is 15.0 Å². The number of anilines is 4. The summed E-state index contributed by atoms with van der Waals surface area (Å²) in [5.74, 6) is 2.19. The molecule has 0 aliphatic carbocycles. The van der Waals surface area contributed by atoms with Crippen LogP contribution in [0.25, 0.3) is 0 Å². The van der Waals surface area contributed by atoms with Crippen molar-refractivity contribution >= 4 is 23.1 Å². The molecule has 3 aromatic rings. The van der Waals surface area contributed by atoms with Gasteiger partial charge in [0.05, 0.1) is 12.8 Å². The molecule has 1 aromatic heterocycles. The van der Waals surface area contributed by atoms with Crippen molar-refractivity contribution in [3.8, 4) is 5.75 Å². The third kappa shape index (κ3) is 3.94. The van der Waals surface area contributed by atoms with E-state index in [0.29, 0.717) is 5.95 Å². The lowest BCUT2D eigenvalue weighted by Gasteiger charge is -2.22. The van der Waals surface area contributed by atoms with Crippen LogP contribution in [-0.4, -0.2) is 23.6 Å². The van der Waals surface area contributed by atoms with E-state index in [4.69, 9.17) is 9.72 Å². The third-order valence-electron chi connectivity index (χ3n) is 4.08. The average molecular weight is 348 g/mol. The van der Waals surface area contributed by atoms with Gasteiger partial charge in [-0.1, -0.05) is 24.3 Å². The Morgan fingerprint density at radius 2 is 1.81 bits per heavy atom. The molecule has 2 aromatic carbocycles. The highest BCUT2D eigenvalue weighted by Crippen LogP contribution is 2.28. The van der Waals surface area contributed by atoms with Gasteiger partial charge in [-0.3, -0.25) is 0 Å². The van der Waals surface area contributed by atoms with Crippen molar-refractivity contribution < 1.29 is 4.74 Å². The Kier molecular flexibility index (Phi) is 5.37. The lowest BCUT2D eigenvalue weighted by molar-refractivity contribution is 0.417. The van der Waals surface area contributed by atoms with Crippen LogP contribution in [0.15, 0.2) is 54.6 Å². The summed E-state index contributed by atoms with van der Waals surface area (Å²) >= 11 is 0. The van der Waals surface area contributed by atoms with Crippen molar-refractivity contribution in [2.45, 2.75) is 20.8 Å². The van der Waals surface area contributed by atoms with Crippen molar-refractivity contribution in [1.29, 1.82) is 0 Å². The number of para-hydroxylation sites is 2. The maximum atomic E-state index is 5.41. The minimum absolute atomic E-state index is 0.676. The smallest absolute Gasteiger partial charge is 0.232 e. The lowest BCUT2D eigenvalue weighted by atomic mass is 10.2. The van der Waals surface area contributed by atoms with Crippen LogP contribution in [0.5, 0.6) is 5.75 Å². The van der Waals surface area contributed by atoms with Crippen molar-refractivity contribution in [1.82, 2.24) is 9.97 Å². The molecule has 26 heavy (non-hydrogen) atoms. The van der Waals surface area contributed by atoms with Crippen molar-refractivity contribution in [2.24, 2.45) is 0 Å². The zero-order valence-corrected chi connectivity index (χ0v) is 15.7. The molecule has 1 heterocycles. The Bertz CT molecular complexity index is 895. The molecule has 1 N–H and O–H groups in total. The summed E-state index contributed by atoms with van der Waals surface area (Å²) in [7, 11) is 1.66. The molecule has 0 unspecified atom stereocenters. The molecule has 0 spiro atoms. The molecule has 0 saturated carbocycles. The first-order chi connectivity index (χ1) is 12.6. The van der Waals surface area contributed by atoms with E-state index < -0.39 is 0 Å². The van der Waals surface area contributed by atoms with E-state index >= 15 is 0 Å². The van der Waals surface area contributed by atoms with Crippen molar-refractivity contribution in [3.05, 3.63) is 65.9 Å². The normalized spacial score (nSPS) is 10.5. The Morgan fingerprint density at radius 1 is 1.00 bits per heavy atom. The topological polar surface area (TPSA) is 50.3 Å². The van der Waals surface area contributed by atoms with E-state index in [9.17, 15) is 0 Å². The molecule has 0 fully saturated rings. The molecule has 0 aliphatic rings. The molecule has 0 amide bonds. The minimum Gasteiger partial charge on any atom is -0.495 e. The maximum absolute atomic E-state index is 5.41. The molecular weight excluding hydrogens is 324 g/mol. The highest BCUT2D eigenvalue weighted by molar-refractivity contribution is 5.66. The molecule has 5 heteroatoms. The van der Waals surface area contributed by atoms with Crippen LogP contribution in [0.1, 0.15) is 18.2 Å². The predicted molar refractivity (Wildman–Crippen MR) is 107 cm³/mol. The van der Waals surface area contributed by atoms with E-state index in [1.54, 1.807) is 7.11 Å². The van der Waals surface area contributed by atoms with Crippen LogP contribution >= 0.6 is 0 Å². The molecule has 0 radical (unpaired) electrons. The fourth-order valence-corrected chi connectivity index (χ4v) is 2.86. The van der Waals surface area contributed by atoms with Crippen molar-refractivity contribution in [3.63, 3.8) is 0 Å². The molecule has 0 saturated heterocycles. The summed E-state index contributed by atoms with van der Waals surface area (Å²) in [6.07, 6.45) is 0. The number of methoxy groups -OCH3 is 1. The summed E-state index contributed by atoms with van der Waals surface area (Å²) in [6, 6.07) is 18.1. The van der Waals surface area contributed by atoms with Gasteiger partial charge in [0, 0.05) is 24.0 Å². The van der Waals surface area contributed by atoms with Gasteiger partial charge in [0.25, 0.3) is 0 Å². The van der Waals surface area contributed by atoms with Gasteiger partial charge in [0.1, 0.15) is 11.6 Å². The van der Waals surface area contributed by atoms with Gasteiger partial charge in [0.15, 0.2) is 0 Å². The van der Waals surface area contributed by atoms with Crippen LogP contribution in [-0.2, 0) is 0 Å². The first-order valence-electron chi connectivity index (χ1n) is 8.70. The van der Waals surface area contributed by atoms with E-state index in [1.807, 2.05) is 37.3 Å². The maximum Gasteiger partial charge on any atom is 0.232 e. The van der Waals surface area contributed by atoms with E-state index in [0.717, 1.165) is 35.2 Å². The van der Waals surface area contributed by atoms with Gasteiger partial charge < -0.3 is 15.0 Å². The quantitative estimate of drug-likeness (QED) is 0.679. The van der Waals surface area contributed by atoms with Gasteiger partial charge in [-0.05, 0) is 50.6 Å². The summed E-state index contributed by atoms with van der Waals surface area (Å²) in [5.41, 5.74) is 4.07. The Morgan fingerprint density at radius 3 is 2.54 bits per heavy atom. The van der Waals surface area contributed by atoms with E-state index in [-0.39, 0.29) is 0 Å². The zero-order chi connectivity index (χ0) is 18.5. The monoisotopic (exact) mass is 348 g/mol. The molecule has 0 aliphatic heterocycles. The Labute approximate surface area is 154 Å². The predicted octanol–water partition coefficient (Wildman–Crippen LogP) is 5.00. The minimum atomic E-state index is 0.676. The van der Waals surface area contributed by atoms with Gasteiger partial charge in [-0.15, -0.1) is 0 Å². The van der Waals surface area contributed by atoms with Gasteiger partial charge in [0.2, 0.25) is 5.95 Å². The Hall–Kier alpha value is -3.08. The second-order valence-corrected chi connectivity index (χ2v) is 6.10. The van der Waals surface area contributed by atoms with E-state index in [1.165, 1.54) is 5.56 Å². The van der Waals surface area contributed by atoms with Crippen LogP contribution in [0.2, 0.25) is 0 Å². The van der Waals surface area contributed by atoms with Gasteiger partial charge in [-0.25, -0.2) is 4.98 Å². The first-order valence-corrected chi connectivity index (χ1v) is 8.70. The van der Waals surface area contributed by atoms with Crippen molar-refractivity contribution in [2.75, 3.05) is 23.9 Å². The summed E-state index contributed by atoms with van der Waals surface area (Å²) in [4.78, 5) is 11.5. The summed E-state index contributed by atoms with van der Waals surface area (Å²) in [5, 5.41) is 3.34. The number of aromatic nitrogens is 2. The standard InChI is InChI=1S/C21H24N4O/c1-5-25(17-10-8-9-15(2)13-17)21-22-16(3)14-20(24-21)23-18-11-6-7-12-19(18)26-4/h6-14H,5H2,1-4H3,(H,22,23,24). The second kappa shape index (κ2) is 7.87. The number of nitrogens with one attached hydrogen (secondary N) is 1. The number of aryl methyl sites for hydroxylation is 2. The molecule has 0 bridgehead atoms. The zero-order valence-electron chi connectivity index (χ0n) is 15.7. The SMILES string of the molecule is CCN(c1cccc(C)c1)c1nc(C)cc(Nc2ccccc2OC)n1. The summed E-state index contributed by atoms with van der Waals surface area (Å²) in [6.45, 7) is 6.94. The molecule has 5 nitrogen and oxygen atoms in total. The molecule has 3 rings (SSSR count). The first kappa shape index (κ1) is 17.7. The van der Waals surface area contributed by atoms with Gasteiger partial charge in [-0.2, -0.15) is 4.98 Å². The fourth-order valence-electron chi connectivity index (χ4n) is 2.86. The molecule has 134 valence electrons. The number of rotatable bonds is 6. The largest absolute Gasteiger partial charge is 0.495 e. The number of nitrogens with zero attached hydrogens (tertiary/aromatic N) is 3. The fraction of sp³-hybridized carbons (Fsp3) is 0.238. The highest BCUT2D eigenvalue weighted by atomic mass is 16.5. The average Bonchev–Trinajstić information content (AvgIpc) is 2.62.